The number of carboxylic acid groups (broad SMARTS) is 1. The van der Waals surface area contributed by atoms with E-state index in [4.69, 9.17) is 5.11 Å². The minimum absolute atomic E-state index is 0.216. The maximum Gasteiger partial charge on any atom is 0.335 e. The van der Waals surface area contributed by atoms with Crippen LogP contribution in [0.4, 0.5) is 0 Å². The van der Waals surface area contributed by atoms with Crippen molar-refractivity contribution < 1.29 is 14.7 Å². The predicted octanol–water partition coefficient (Wildman–Crippen LogP) is 2.02. The molecule has 0 spiro atoms. The summed E-state index contributed by atoms with van der Waals surface area (Å²) in [7, 11) is 3.88. The van der Waals surface area contributed by atoms with Gasteiger partial charge in [-0.05, 0) is 43.9 Å². The molecule has 7 nitrogen and oxygen atoms in total. The van der Waals surface area contributed by atoms with Crippen LogP contribution in [0.25, 0.3) is 5.65 Å². The highest BCUT2D eigenvalue weighted by molar-refractivity contribution is 5.94. The SMILES string of the molecule is CN(C)Cc1c(C(=O)NCc2ccc(C(=O)O)cc2)nc2ccccn12. The zero-order chi connectivity index (χ0) is 18.7. The molecule has 0 aliphatic rings. The lowest BCUT2D eigenvalue weighted by molar-refractivity contribution is 0.0696. The van der Waals surface area contributed by atoms with Gasteiger partial charge in [0.1, 0.15) is 5.65 Å². The van der Waals surface area contributed by atoms with E-state index in [1.54, 1.807) is 12.1 Å². The molecule has 2 N–H and O–H groups in total. The molecule has 0 atom stereocenters. The molecule has 3 aromatic rings. The fourth-order valence-electron chi connectivity index (χ4n) is 2.71. The molecular formula is C19H20N4O3. The predicted molar refractivity (Wildman–Crippen MR) is 97.2 cm³/mol. The van der Waals surface area contributed by atoms with Gasteiger partial charge in [-0.25, -0.2) is 9.78 Å². The van der Waals surface area contributed by atoms with Gasteiger partial charge in [0.25, 0.3) is 5.91 Å². The van der Waals surface area contributed by atoms with Gasteiger partial charge in [0.15, 0.2) is 5.69 Å². The number of carbonyl (C=O) groups excluding carboxylic acids is 1. The van der Waals surface area contributed by atoms with Gasteiger partial charge in [-0.1, -0.05) is 18.2 Å². The number of carbonyl (C=O) groups is 2. The lowest BCUT2D eigenvalue weighted by Gasteiger charge is -2.11. The quantitative estimate of drug-likeness (QED) is 0.709. The van der Waals surface area contributed by atoms with Gasteiger partial charge in [-0.3, -0.25) is 4.79 Å². The van der Waals surface area contributed by atoms with Crippen LogP contribution in [0.3, 0.4) is 0 Å². The monoisotopic (exact) mass is 352 g/mol. The number of hydrogen-bond acceptors (Lipinski definition) is 4. The standard InChI is InChI=1S/C19H20N4O3/c1-22(2)12-15-17(21-16-5-3-4-10-23(15)16)18(24)20-11-13-6-8-14(9-7-13)19(25)26/h3-10H,11-12H2,1-2H3,(H,20,24)(H,25,26). The molecule has 0 fully saturated rings. The van der Waals surface area contributed by atoms with Crippen molar-refractivity contribution in [3.63, 3.8) is 0 Å². The minimum Gasteiger partial charge on any atom is -0.478 e. The number of pyridine rings is 1. The molecule has 0 bridgehead atoms. The highest BCUT2D eigenvalue weighted by Crippen LogP contribution is 2.14. The van der Waals surface area contributed by atoms with Crippen LogP contribution in [-0.4, -0.2) is 45.4 Å². The zero-order valence-electron chi connectivity index (χ0n) is 14.6. The summed E-state index contributed by atoms with van der Waals surface area (Å²) in [6, 6.07) is 12.1. The fraction of sp³-hybridized carbons (Fsp3) is 0.211. The maximum atomic E-state index is 12.7. The van der Waals surface area contributed by atoms with Gasteiger partial charge < -0.3 is 19.7 Å². The van der Waals surface area contributed by atoms with Crippen LogP contribution in [-0.2, 0) is 13.1 Å². The highest BCUT2D eigenvalue weighted by Gasteiger charge is 2.19. The lowest BCUT2D eigenvalue weighted by atomic mass is 10.1. The Hall–Kier alpha value is -3.19. The number of rotatable bonds is 6. The van der Waals surface area contributed by atoms with E-state index >= 15 is 0 Å². The van der Waals surface area contributed by atoms with Crippen molar-refractivity contribution in [3.8, 4) is 0 Å². The molecular weight excluding hydrogens is 332 g/mol. The summed E-state index contributed by atoms with van der Waals surface area (Å²) in [4.78, 5) is 30.0. The Labute approximate surface area is 150 Å². The maximum absolute atomic E-state index is 12.7. The Morgan fingerprint density at radius 2 is 1.88 bits per heavy atom. The Balaban J connectivity index is 1.80. The molecule has 0 aliphatic carbocycles. The number of aromatic carboxylic acids is 1. The third-order valence-corrected chi connectivity index (χ3v) is 3.96. The van der Waals surface area contributed by atoms with E-state index in [-0.39, 0.29) is 11.5 Å². The Bertz CT molecular complexity index is 945. The van der Waals surface area contributed by atoms with E-state index in [1.165, 1.54) is 12.1 Å². The van der Waals surface area contributed by atoms with Gasteiger partial charge in [0.2, 0.25) is 0 Å². The van der Waals surface area contributed by atoms with Crippen molar-refractivity contribution >= 4 is 17.5 Å². The molecule has 0 aliphatic heterocycles. The number of nitrogens with zero attached hydrogens (tertiary/aromatic N) is 3. The van der Waals surface area contributed by atoms with Crippen molar-refractivity contribution in [2.75, 3.05) is 14.1 Å². The molecule has 0 saturated carbocycles. The smallest absolute Gasteiger partial charge is 0.335 e. The van der Waals surface area contributed by atoms with Crippen LogP contribution >= 0.6 is 0 Å². The first kappa shape index (κ1) is 17.6. The first-order chi connectivity index (χ1) is 12.5. The number of amides is 1. The molecule has 26 heavy (non-hydrogen) atoms. The molecule has 7 heteroatoms. The third kappa shape index (κ3) is 3.73. The van der Waals surface area contributed by atoms with Gasteiger partial charge in [-0.15, -0.1) is 0 Å². The topological polar surface area (TPSA) is 86.9 Å². The fourth-order valence-corrected chi connectivity index (χ4v) is 2.71. The van der Waals surface area contributed by atoms with Crippen molar-refractivity contribution in [2.45, 2.75) is 13.1 Å². The Kier molecular flexibility index (Phi) is 4.99. The van der Waals surface area contributed by atoms with E-state index in [1.807, 2.05) is 47.8 Å². The van der Waals surface area contributed by atoms with E-state index in [0.29, 0.717) is 18.8 Å². The van der Waals surface area contributed by atoms with Gasteiger partial charge in [0, 0.05) is 19.3 Å². The van der Waals surface area contributed by atoms with Crippen LogP contribution in [0.1, 0.15) is 32.1 Å². The average Bonchev–Trinajstić information content (AvgIpc) is 2.98. The first-order valence-corrected chi connectivity index (χ1v) is 8.17. The summed E-state index contributed by atoms with van der Waals surface area (Å²) < 4.78 is 1.91. The normalized spacial score (nSPS) is 11.0. The Morgan fingerprint density at radius 3 is 2.54 bits per heavy atom. The number of imidazole rings is 1. The highest BCUT2D eigenvalue weighted by atomic mass is 16.4. The molecule has 1 amide bonds. The van der Waals surface area contributed by atoms with E-state index in [2.05, 4.69) is 10.3 Å². The second-order valence-electron chi connectivity index (χ2n) is 6.26. The average molecular weight is 352 g/mol. The third-order valence-electron chi connectivity index (χ3n) is 3.96. The second kappa shape index (κ2) is 7.37. The summed E-state index contributed by atoms with van der Waals surface area (Å²) in [6.45, 7) is 0.884. The van der Waals surface area contributed by atoms with Crippen LogP contribution in [0, 0.1) is 0 Å². The molecule has 0 saturated heterocycles. The van der Waals surface area contributed by atoms with E-state index in [9.17, 15) is 9.59 Å². The number of aromatic nitrogens is 2. The summed E-state index contributed by atoms with van der Waals surface area (Å²) in [5, 5.41) is 11.8. The number of nitrogens with one attached hydrogen (secondary N) is 1. The minimum atomic E-state index is -0.974. The van der Waals surface area contributed by atoms with Crippen LogP contribution < -0.4 is 5.32 Å². The molecule has 2 aromatic heterocycles. The van der Waals surface area contributed by atoms with E-state index < -0.39 is 5.97 Å². The zero-order valence-corrected chi connectivity index (χ0v) is 14.6. The largest absolute Gasteiger partial charge is 0.478 e. The van der Waals surface area contributed by atoms with Crippen molar-refractivity contribution in [3.05, 3.63) is 71.2 Å². The summed E-state index contributed by atoms with van der Waals surface area (Å²) in [6.07, 6.45) is 1.89. The van der Waals surface area contributed by atoms with Crippen molar-refractivity contribution in [2.24, 2.45) is 0 Å². The number of carboxylic acids is 1. The lowest BCUT2D eigenvalue weighted by Crippen LogP contribution is -2.25. The summed E-state index contributed by atoms with van der Waals surface area (Å²) in [5.41, 5.74) is 2.98. The Morgan fingerprint density at radius 1 is 1.15 bits per heavy atom. The number of fused-ring (bicyclic) bond motifs is 1. The molecule has 2 heterocycles. The summed E-state index contributed by atoms with van der Waals surface area (Å²) >= 11 is 0. The van der Waals surface area contributed by atoms with Crippen LogP contribution in [0.15, 0.2) is 48.7 Å². The number of benzene rings is 1. The van der Waals surface area contributed by atoms with Crippen LogP contribution in [0.2, 0.25) is 0 Å². The second-order valence-corrected chi connectivity index (χ2v) is 6.26. The van der Waals surface area contributed by atoms with Gasteiger partial charge >= 0.3 is 5.97 Å². The first-order valence-electron chi connectivity index (χ1n) is 8.17. The molecule has 1 aromatic carbocycles. The summed E-state index contributed by atoms with van der Waals surface area (Å²) in [5.74, 6) is -1.23. The molecule has 0 radical (unpaired) electrons. The molecule has 0 unspecified atom stereocenters. The van der Waals surface area contributed by atoms with Crippen molar-refractivity contribution in [1.29, 1.82) is 0 Å². The van der Waals surface area contributed by atoms with Crippen LogP contribution in [0.5, 0.6) is 0 Å². The van der Waals surface area contributed by atoms with Gasteiger partial charge in [0.05, 0.1) is 11.3 Å². The van der Waals surface area contributed by atoms with E-state index in [0.717, 1.165) is 16.9 Å². The molecule has 134 valence electrons. The van der Waals surface area contributed by atoms with Crippen molar-refractivity contribution in [1.82, 2.24) is 19.6 Å². The number of hydrogen-bond donors (Lipinski definition) is 2. The molecule has 3 rings (SSSR count). The van der Waals surface area contributed by atoms with Gasteiger partial charge in [-0.2, -0.15) is 0 Å².